The van der Waals surface area contributed by atoms with Gasteiger partial charge in [-0.2, -0.15) is 0 Å². The highest BCUT2D eigenvalue weighted by Gasteiger charge is 2.26. The Hall–Kier alpha value is -1.82. The Labute approximate surface area is 103 Å². The van der Waals surface area contributed by atoms with E-state index in [1.165, 1.54) is 0 Å². The lowest BCUT2D eigenvalue weighted by Crippen LogP contribution is -2.33. The predicted octanol–water partition coefficient (Wildman–Crippen LogP) is 1.29. The normalized spacial score (nSPS) is 22.3. The second-order valence-corrected chi connectivity index (χ2v) is 4.60. The van der Waals surface area contributed by atoms with Gasteiger partial charge in [0.05, 0.1) is 23.0 Å². The van der Waals surface area contributed by atoms with Gasteiger partial charge in [0.2, 0.25) is 0 Å². The molecule has 18 heavy (non-hydrogen) atoms. The standard InChI is InChI=1S/C12H15FN2O3/c13-9-4-11(10(14)3-8(9)12(17)18)15-5-6-1-7(16)2-6/h3-4,6-7,15-16H,1-2,5,14H2,(H,17,18). The minimum Gasteiger partial charge on any atom is -0.478 e. The van der Waals surface area contributed by atoms with Crippen molar-refractivity contribution in [3.05, 3.63) is 23.5 Å². The van der Waals surface area contributed by atoms with E-state index in [1.54, 1.807) is 0 Å². The number of nitrogens with two attached hydrogens (primary N) is 1. The van der Waals surface area contributed by atoms with E-state index in [9.17, 15) is 9.18 Å². The maximum atomic E-state index is 13.4. The van der Waals surface area contributed by atoms with Crippen LogP contribution in [-0.2, 0) is 0 Å². The number of aliphatic hydroxyl groups is 1. The van der Waals surface area contributed by atoms with Crippen molar-refractivity contribution in [1.29, 1.82) is 0 Å². The van der Waals surface area contributed by atoms with Gasteiger partial charge in [0.15, 0.2) is 0 Å². The van der Waals surface area contributed by atoms with Gasteiger partial charge in [-0.15, -0.1) is 0 Å². The third-order valence-corrected chi connectivity index (χ3v) is 3.16. The average Bonchev–Trinajstić information content (AvgIpc) is 2.26. The minimum atomic E-state index is -1.34. The molecular weight excluding hydrogens is 239 g/mol. The molecule has 98 valence electrons. The summed E-state index contributed by atoms with van der Waals surface area (Å²) in [7, 11) is 0. The van der Waals surface area contributed by atoms with E-state index in [1.807, 2.05) is 0 Å². The van der Waals surface area contributed by atoms with E-state index >= 15 is 0 Å². The fourth-order valence-electron chi connectivity index (χ4n) is 2.03. The number of nitrogen functional groups attached to an aromatic ring is 1. The molecule has 1 aliphatic carbocycles. The summed E-state index contributed by atoms with van der Waals surface area (Å²) in [5.41, 5.74) is 5.82. The van der Waals surface area contributed by atoms with Crippen molar-refractivity contribution < 1.29 is 19.4 Å². The molecule has 6 heteroatoms. The lowest BCUT2D eigenvalue weighted by molar-refractivity contribution is 0.0486. The fraction of sp³-hybridized carbons (Fsp3) is 0.417. The van der Waals surface area contributed by atoms with Crippen molar-refractivity contribution in [2.45, 2.75) is 18.9 Å². The number of rotatable bonds is 4. The number of carboxylic acid groups (broad SMARTS) is 1. The molecule has 2 rings (SSSR count). The molecule has 1 aliphatic rings. The third-order valence-electron chi connectivity index (χ3n) is 3.16. The lowest BCUT2D eigenvalue weighted by atomic mass is 9.82. The molecule has 0 aliphatic heterocycles. The van der Waals surface area contributed by atoms with E-state index < -0.39 is 17.3 Å². The molecule has 0 spiro atoms. The SMILES string of the molecule is Nc1cc(C(=O)O)c(F)cc1NCC1CC(O)C1. The molecule has 0 atom stereocenters. The number of hydrogen-bond acceptors (Lipinski definition) is 4. The van der Waals surface area contributed by atoms with Gasteiger partial charge in [-0.05, 0) is 30.9 Å². The summed E-state index contributed by atoms with van der Waals surface area (Å²) in [6.45, 7) is 0.590. The summed E-state index contributed by atoms with van der Waals surface area (Å²) in [4.78, 5) is 10.7. The topological polar surface area (TPSA) is 95.6 Å². The van der Waals surface area contributed by atoms with Gasteiger partial charge in [0, 0.05) is 6.54 Å². The molecule has 0 amide bonds. The van der Waals surface area contributed by atoms with Crippen LogP contribution in [-0.4, -0.2) is 28.8 Å². The van der Waals surface area contributed by atoms with Crippen molar-refractivity contribution in [1.82, 2.24) is 0 Å². The minimum absolute atomic E-state index is 0.202. The number of carboxylic acids is 1. The van der Waals surface area contributed by atoms with Crippen LogP contribution in [0.25, 0.3) is 0 Å². The first-order valence-electron chi connectivity index (χ1n) is 5.71. The lowest BCUT2D eigenvalue weighted by Gasteiger charge is -2.31. The second-order valence-electron chi connectivity index (χ2n) is 4.60. The molecule has 1 fully saturated rings. The van der Waals surface area contributed by atoms with E-state index in [0.29, 0.717) is 18.2 Å². The van der Waals surface area contributed by atoms with Gasteiger partial charge < -0.3 is 21.3 Å². The molecule has 5 nitrogen and oxygen atoms in total. The van der Waals surface area contributed by atoms with Gasteiger partial charge in [-0.25, -0.2) is 9.18 Å². The maximum Gasteiger partial charge on any atom is 0.338 e. The number of nitrogens with one attached hydrogen (secondary N) is 1. The highest BCUT2D eigenvalue weighted by molar-refractivity contribution is 5.90. The van der Waals surface area contributed by atoms with Crippen molar-refractivity contribution in [2.75, 3.05) is 17.6 Å². The molecule has 0 heterocycles. The van der Waals surface area contributed by atoms with E-state index in [2.05, 4.69) is 5.32 Å². The Balaban J connectivity index is 2.04. The van der Waals surface area contributed by atoms with Crippen LogP contribution in [0.1, 0.15) is 23.2 Å². The van der Waals surface area contributed by atoms with Crippen LogP contribution >= 0.6 is 0 Å². The number of aromatic carboxylic acids is 1. The number of anilines is 2. The van der Waals surface area contributed by atoms with Gasteiger partial charge in [0.1, 0.15) is 5.82 Å². The smallest absolute Gasteiger partial charge is 0.338 e. The first-order chi connectivity index (χ1) is 8.47. The summed E-state index contributed by atoms with van der Waals surface area (Å²) in [5.74, 6) is -1.80. The Kier molecular flexibility index (Phi) is 3.38. The highest BCUT2D eigenvalue weighted by Crippen LogP contribution is 2.29. The molecule has 1 saturated carbocycles. The summed E-state index contributed by atoms with van der Waals surface area (Å²) in [6.07, 6.45) is 1.21. The molecule has 0 bridgehead atoms. The molecule has 0 radical (unpaired) electrons. The number of aliphatic hydroxyl groups excluding tert-OH is 1. The van der Waals surface area contributed by atoms with Crippen LogP contribution in [0.3, 0.4) is 0 Å². The molecular formula is C12H15FN2O3. The Morgan fingerprint density at radius 1 is 1.50 bits per heavy atom. The molecule has 5 N–H and O–H groups in total. The van der Waals surface area contributed by atoms with Crippen LogP contribution in [0, 0.1) is 11.7 Å². The number of hydrogen-bond donors (Lipinski definition) is 4. The zero-order valence-electron chi connectivity index (χ0n) is 9.69. The Bertz CT molecular complexity index is 473. The van der Waals surface area contributed by atoms with Gasteiger partial charge in [-0.1, -0.05) is 0 Å². The number of carbonyl (C=O) groups is 1. The van der Waals surface area contributed by atoms with Gasteiger partial charge >= 0.3 is 5.97 Å². The molecule has 1 aromatic rings. The van der Waals surface area contributed by atoms with E-state index in [0.717, 1.165) is 25.0 Å². The van der Waals surface area contributed by atoms with Crippen LogP contribution in [0.5, 0.6) is 0 Å². The second kappa shape index (κ2) is 4.81. The maximum absolute atomic E-state index is 13.4. The average molecular weight is 254 g/mol. The molecule has 0 saturated heterocycles. The van der Waals surface area contributed by atoms with Crippen LogP contribution < -0.4 is 11.1 Å². The third kappa shape index (κ3) is 2.53. The zero-order chi connectivity index (χ0) is 13.3. The summed E-state index contributed by atoms with van der Waals surface area (Å²) in [6, 6.07) is 2.20. The number of benzene rings is 1. The molecule has 0 unspecified atom stereocenters. The summed E-state index contributed by atoms with van der Waals surface area (Å²) < 4.78 is 13.4. The zero-order valence-corrected chi connectivity index (χ0v) is 9.69. The Morgan fingerprint density at radius 2 is 2.17 bits per heavy atom. The summed E-state index contributed by atoms with van der Waals surface area (Å²) >= 11 is 0. The largest absolute Gasteiger partial charge is 0.478 e. The van der Waals surface area contributed by atoms with Crippen LogP contribution in [0.2, 0.25) is 0 Å². The first kappa shape index (κ1) is 12.6. The first-order valence-corrected chi connectivity index (χ1v) is 5.71. The number of halogens is 1. The van der Waals surface area contributed by atoms with Crippen molar-refractivity contribution in [3.63, 3.8) is 0 Å². The summed E-state index contributed by atoms with van der Waals surface area (Å²) in [5, 5.41) is 20.8. The van der Waals surface area contributed by atoms with Gasteiger partial charge in [-0.3, -0.25) is 0 Å². The highest BCUT2D eigenvalue weighted by atomic mass is 19.1. The quantitative estimate of drug-likeness (QED) is 0.607. The van der Waals surface area contributed by atoms with E-state index in [-0.39, 0.29) is 11.8 Å². The monoisotopic (exact) mass is 254 g/mol. The van der Waals surface area contributed by atoms with Crippen molar-refractivity contribution in [3.8, 4) is 0 Å². The van der Waals surface area contributed by atoms with Crippen molar-refractivity contribution >= 4 is 17.3 Å². The molecule has 0 aromatic heterocycles. The van der Waals surface area contributed by atoms with Crippen LogP contribution in [0.4, 0.5) is 15.8 Å². The fourth-order valence-corrected chi connectivity index (χ4v) is 2.03. The predicted molar refractivity (Wildman–Crippen MR) is 65.0 cm³/mol. The van der Waals surface area contributed by atoms with Crippen molar-refractivity contribution in [2.24, 2.45) is 5.92 Å². The Morgan fingerprint density at radius 3 is 2.72 bits per heavy atom. The van der Waals surface area contributed by atoms with Crippen LogP contribution in [0.15, 0.2) is 12.1 Å². The molecule has 1 aromatic carbocycles. The van der Waals surface area contributed by atoms with Gasteiger partial charge in [0.25, 0.3) is 0 Å². The van der Waals surface area contributed by atoms with E-state index in [4.69, 9.17) is 15.9 Å².